The first-order chi connectivity index (χ1) is 17.9. The number of amidine groups is 1. The number of benzene rings is 3. The zero-order valence-electron chi connectivity index (χ0n) is 20.7. The molecular weight excluding hydrogens is 474 g/mol. The highest BCUT2D eigenvalue weighted by molar-refractivity contribution is 6.05. The van der Waals surface area contributed by atoms with Gasteiger partial charge in [-0.25, -0.2) is 5.84 Å². The molecule has 37 heavy (non-hydrogen) atoms. The normalized spacial score (nSPS) is 16.8. The molecular formula is C27H29N5O5. The number of likely N-dealkylation sites (tertiary alicyclic amines) is 1. The maximum atomic E-state index is 13.5. The van der Waals surface area contributed by atoms with Crippen molar-refractivity contribution in [3.05, 3.63) is 65.2 Å². The number of hydrazine groups is 1. The quantitative estimate of drug-likeness (QED) is 0.214. The molecule has 1 spiro atoms. The Labute approximate surface area is 214 Å². The van der Waals surface area contributed by atoms with E-state index in [1.54, 1.807) is 43.4 Å². The van der Waals surface area contributed by atoms with Gasteiger partial charge < -0.3 is 30.4 Å². The fraction of sp³-hybridized carbons (Fsp3) is 0.296. The highest BCUT2D eigenvalue weighted by Gasteiger charge is 2.44. The number of carbonyl (C=O) groups is 2. The molecule has 0 aromatic heterocycles. The predicted octanol–water partition coefficient (Wildman–Crippen LogP) is 2.58. The number of ketones is 1. The van der Waals surface area contributed by atoms with Gasteiger partial charge in [-0.1, -0.05) is 12.1 Å². The molecule has 5 rings (SSSR count). The molecule has 2 heterocycles. The molecule has 192 valence electrons. The fourth-order valence-electron chi connectivity index (χ4n) is 5.21. The Hall–Kier alpha value is -4.31. The third kappa shape index (κ3) is 4.29. The maximum Gasteiger partial charge on any atom is 0.254 e. The summed E-state index contributed by atoms with van der Waals surface area (Å²) in [5, 5.41) is 5.28. The van der Waals surface area contributed by atoms with Crippen molar-refractivity contribution < 1.29 is 23.8 Å². The van der Waals surface area contributed by atoms with Gasteiger partial charge in [0.2, 0.25) is 0 Å². The van der Waals surface area contributed by atoms with E-state index >= 15 is 0 Å². The van der Waals surface area contributed by atoms with Crippen molar-refractivity contribution in [1.29, 1.82) is 0 Å². The highest BCUT2D eigenvalue weighted by Crippen LogP contribution is 2.40. The zero-order valence-corrected chi connectivity index (χ0v) is 20.7. The molecule has 0 saturated carbocycles. The molecule has 0 unspecified atom stereocenters. The largest absolute Gasteiger partial charge is 0.496 e. The number of fused-ring (bicyclic) bond motifs is 2. The van der Waals surface area contributed by atoms with Crippen LogP contribution in [0.3, 0.4) is 0 Å². The van der Waals surface area contributed by atoms with E-state index < -0.39 is 5.60 Å². The van der Waals surface area contributed by atoms with Crippen molar-refractivity contribution >= 4 is 28.3 Å². The van der Waals surface area contributed by atoms with Crippen LogP contribution in [0.4, 0.5) is 0 Å². The Bertz CT molecular complexity index is 1410. The molecule has 10 nitrogen and oxygen atoms in total. The Morgan fingerprint density at radius 3 is 2.46 bits per heavy atom. The second-order valence-corrected chi connectivity index (χ2v) is 9.24. The number of rotatable bonds is 4. The first-order valence-corrected chi connectivity index (χ1v) is 12.0. The van der Waals surface area contributed by atoms with Crippen LogP contribution in [0.1, 0.15) is 45.5 Å². The van der Waals surface area contributed by atoms with E-state index in [1.165, 1.54) is 0 Å². The van der Waals surface area contributed by atoms with Crippen molar-refractivity contribution in [2.24, 2.45) is 16.8 Å². The molecule has 0 atom stereocenters. The van der Waals surface area contributed by atoms with Crippen molar-refractivity contribution in [3.8, 4) is 17.2 Å². The second kappa shape index (κ2) is 9.62. The fourth-order valence-corrected chi connectivity index (χ4v) is 5.21. The summed E-state index contributed by atoms with van der Waals surface area (Å²) in [7, 11) is 3.19. The molecule has 0 bridgehead atoms. The lowest BCUT2D eigenvalue weighted by Gasteiger charge is -2.44. The van der Waals surface area contributed by atoms with Gasteiger partial charge in [0, 0.05) is 47.8 Å². The molecule has 0 aliphatic carbocycles. The molecule has 1 amide bonds. The number of nitrogens with one attached hydrogen (secondary N) is 1. The minimum Gasteiger partial charge on any atom is -0.496 e. The van der Waals surface area contributed by atoms with Gasteiger partial charge >= 0.3 is 0 Å². The van der Waals surface area contributed by atoms with Crippen molar-refractivity contribution in [2.75, 3.05) is 27.3 Å². The zero-order chi connectivity index (χ0) is 26.2. The molecule has 2 aliphatic heterocycles. The van der Waals surface area contributed by atoms with Crippen LogP contribution in [0.15, 0.2) is 53.6 Å². The molecule has 1 fully saturated rings. The Morgan fingerprint density at radius 1 is 1.03 bits per heavy atom. The number of nitrogens with zero attached hydrogens (tertiary/aromatic N) is 2. The number of hydrogen-bond acceptors (Lipinski definition) is 8. The lowest BCUT2D eigenvalue weighted by molar-refractivity contribution is -0.00571. The van der Waals surface area contributed by atoms with Gasteiger partial charge in [0.1, 0.15) is 22.8 Å². The Morgan fingerprint density at radius 2 is 1.78 bits per heavy atom. The van der Waals surface area contributed by atoms with E-state index in [4.69, 9.17) is 25.9 Å². The maximum absolute atomic E-state index is 13.5. The monoisotopic (exact) mass is 503 g/mol. The summed E-state index contributed by atoms with van der Waals surface area (Å²) in [6.45, 7) is 0.930. The van der Waals surface area contributed by atoms with Crippen LogP contribution in [0.2, 0.25) is 0 Å². The van der Waals surface area contributed by atoms with Crippen LogP contribution >= 0.6 is 0 Å². The molecule has 3 aromatic carbocycles. The number of hydrogen-bond donors (Lipinski definition) is 3. The van der Waals surface area contributed by atoms with Crippen molar-refractivity contribution in [1.82, 2.24) is 10.3 Å². The van der Waals surface area contributed by atoms with Crippen LogP contribution in [0.25, 0.3) is 10.8 Å². The van der Waals surface area contributed by atoms with Gasteiger partial charge in [-0.2, -0.15) is 5.10 Å². The summed E-state index contributed by atoms with van der Waals surface area (Å²) in [4.78, 5) is 28.4. The van der Waals surface area contributed by atoms with Gasteiger partial charge in [-0.15, -0.1) is 0 Å². The van der Waals surface area contributed by atoms with E-state index in [0.717, 1.165) is 10.8 Å². The van der Waals surface area contributed by atoms with Gasteiger partial charge in [-0.3, -0.25) is 9.59 Å². The lowest BCUT2D eigenvalue weighted by Crippen LogP contribution is -2.52. The van der Waals surface area contributed by atoms with E-state index in [0.29, 0.717) is 59.9 Å². The number of piperidine rings is 1. The standard InChI is InChI=1S/C27H29N5O5/c1-35-22-5-3-4-18-19(22)13-17(14-24(18)36-2)26(34)32-10-8-27(9-11-32)15-21(33)20-12-16(25(30-28)31-29)6-7-23(20)37-27/h3-7,12-14H,8-11,15,28-29H2,1-2H3,(H,30,31). The Kier molecular flexibility index (Phi) is 6.34. The minimum absolute atomic E-state index is 0.0253. The second-order valence-electron chi connectivity index (χ2n) is 9.24. The molecule has 10 heteroatoms. The number of amides is 1. The van der Waals surface area contributed by atoms with Crippen LogP contribution in [0.5, 0.6) is 17.2 Å². The average molecular weight is 504 g/mol. The van der Waals surface area contributed by atoms with E-state index in [1.807, 2.05) is 24.3 Å². The third-order valence-electron chi connectivity index (χ3n) is 7.20. The summed E-state index contributed by atoms with van der Waals surface area (Å²) in [6, 6.07) is 14.4. The molecule has 5 N–H and O–H groups in total. The summed E-state index contributed by atoms with van der Waals surface area (Å²) >= 11 is 0. The number of ether oxygens (including phenoxy) is 3. The summed E-state index contributed by atoms with van der Waals surface area (Å²) < 4.78 is 17.4. The molecule has 2 aliphatic rings. The minimum atomic E-state index is -0.649. The molecule has 3 aromatic rings. The molecule has 1 saturated heterocycles. The number of methoxy groups -OCH3 is 2. The van der Waals surface area contributed by atoms with Crippen molar-refractivity contribution in [3.63, 3.8) is 0 Å². The third-order valence-corrected chi connectivity index (χ3v) is 7.20. The highest BCUT2D eigenvalue weighted by atomic mass is 16.5. The van der Waals surface area contributed by atoms with Gasteiger partial charge in [0.05, 0.1) is 26.2 Å². The summed E-state index contributed by atoms with van der Waals surface area (Å²) in [5.74, 6) is 12.7. The number of Topliss-reactive ketones (excluding diaryl/α,β-unsaturated/α-hetero) is 1. The van der Waals surface area contributed by atoms with Crippen LogP contribution in [-0.4, -0.2) is 55.3 Å². The lowest BCUT2D eigenvalue weighted by atomic mass is 9.82. The van der Waals surface area contributed by atoms with Crippen molar-refractivity contribution in [2.45, 2.75) is 24.9 Å². The van der Waals surface area contributed by atoms with E-state index in [9.17, 15) is 9.59 Å². The SMILES string of the molecule is COc1cc(C(=O)N2CCC3(CC2)CC(=O)c2cc(/C(=N/N)NN)ccc2O3)cc2c(OC)cccc12. The smallest absolute Gasteiger partial charge is 0.254 e. The summed E-state index contributed by atoms with van der Waals surface area (Å²) in [5.41, 5.74) is 3.36. The van der Waals surface area contributed by atoms with E-state index in [-0.39, 0.29) is 23.9 Å². The first kappa shape index (κ1) is 24.4. The van der Waals surface area contributed by atoms with Crippen LogP contribution in [-0.2, 0) is 0 Å². The number of carbonyl (C=O) groups excluding carboxylic acids is 2. The van der Waals surface area contributed by atoms with Crippen LogP contribution < -0.4 is 31.3 Å². The average Bonchev–Trinajstić information content (AvgIpc) is 2.93. The number of nitrogens with two attached hydrogens (primary N) is 2. The topological polar surface area (TPSA) is 141 Å². The van der Waals surface area contributed by atoms with Crippen LogP contribution in [0, 0.1) is 0 Å². The van der Waals surface area contributed by atoms with Gasteiger partial charge in [0.25, 0.3) is 5.91 Å². The summed E-state index contributed by atoms with van der Waals surface area (Å²) in [6.07, 6.45) is 1.32. The Balaban J connectivity index is 1.35. The number of hydrazone groups is 1. The van der Waals surface area contributed by atoms with Gasteiger partial charge in [-0.05, 0) is 36.4 Å². The predicted molar refractivity (Wildman–Crippen MR) is 139 cm³/mol. The first-order valence-electron chi connectivity index (χ1n) is 12.0. The molecule has 0 radical (unpaired) electrons. The van der Waals surface area contributed by atoms with Gasteiger partial charge in [0.15, 0.2) is 11.6 Å². The van der Waals surface area contributed by atoms with E-state index in [2.05, 4.69) is 10.5 Å².